The normalized spacial score (nSPS) is 11.9. The smallest absolute Gasteiger partial charge is 0.0912 e. The Morgan fingerprint density at radius 3 is 2.40 bits per heavy atom. The van der Waals surface area contributed by atoms with E-state index in [1.165, 1.54) is 4.90 Å². The lowest BCUT2D eigenvalue weighted by Crippen LogP contribution is -2.10. The third kappa shape index (κ3) is 4.87. The first-order valence-corrected chi connectivity index (χ1v) is 5.80. The van der Waals surface area contributed by atoms with Crippen LogP contribution in [0.1, 0.15) is 24.9 Å². The Bertz CT molecular complexity index is 266. The maximum Gasteiger partial charge on any atom is 0.0912 e. The summed E-state index contributed by atoms with van der Waals surface area (Å²) in [4.78, 5) is 1.24. The average Bonchev–Trinajstić information content (AvgIpc) is 2.20. The molecular formula is C11H17ClFNS. The molecule has 1 aromatic carbocycles. The SMILES string of the molecule is CCSc1ccc([C@H](N)CCF)cc1.Cl. The van der Waals surface area contributed by atoms with Crippen LogP contribution in [-0.4, -0.2) is 12.4 Å². The maximum absolute atomic E-state index is 12.0. The van der Waals surface area contributed by atoms with Crippen LogP contribution in [0.4, 0.5) is 4.39 Å². The zero-order valence-electron chi connectivity index (χ0n) is 8.78. The van der Waals surface area contributed by atoms with Gasteiger partial charge in [0.1, 0.15) is 0 Å². The molecule has 0 bridgehead atoms. The summed E-state index contributed by atoms with van der Waals surface area (Å²) in [6, 6.07) is 7.89. The standard InChI is InChI=1S/C11H16FNS.ClH/c1-2-14-10-5-3-9(4-6-10)11(13)7-8-12;/h3-6,11H,2,7-8,13H2,1H3;1H/t11-;/m1./s1. The fraction of sp³-hybridized carbons (Fsp3) is 0.455. The third-order valence-electron chi connectivity index (χ3n) is 2.04. The van der Waals surface area contributed by atoms with Gasteiger partial charge in [-0.05, 0) is 29.9 Å². The summed E-state index contributed by atoms with van der Waals surface area (Å²) in [7, 11) is 0. The van der Waals surface area contributed by atoms with Crippen LogP contribution >= 0.6 is 24.2 Å². The van der Waals surface area contributed by atoms with Crippen LogP contribution < -0.4 is 5.73 Å². The van der Waals surface area contributed by atoms with Gasteiger partial charge in [-0.3, -0.25) is 4.39 Å². The Morgan fingerprint density at radius 2 is 1.93 bits per heavy atom. The van der Waals surface area contributed by atoms with E-state index in [2.05, 4.69) is 6.92 Å². The predicted octanol–water partition coefficient (Wildman–Crippen LogP) is 3.58. The van der Waals surface area contributed by atoms with Crippen molar-refractivity contribution in [3.8, 4) is 0 Å². The first-order valence-electron chi connectivity index (χ1n) is 4.82. The summed E-state index contributed by atoms with van der Waals surface area (Å²) >= 11 is 1.79. The fourth-order valence-electron chi connectivity index (χ4n) is 1.26. The summed E-state index contributed by atoms with van der Waals surface area (Å²) in [6.07, 6.45) is 0.403. The molecule has 0 aromatic heterocycles. The number of benzene rings is 1. The summed E-state index contributed by atoms with van der Waals surface area (Å²) in [5, 5.41) is 0. The van der Waals surface area contributed by atoms with E-state index in [9.17, 15) is 4.39 Å². The number of alkyl halides is 1. The molecule has 0 heterocycles. The highest BCUT2D eigenvalue weighted by atomic mass is 35.5. The Hall–Kier alpha value is -0.250. The number of hydrogen-bond acceptors (Lipinski definition) is 2. The minimum atomic E-state index is -0.355. The number of rotatable bonds is 5. The molecule has 0 saturated heterocycles. The van der Waals surface area contributed by atoms with E-state index < -0.39 is 0 Å². The van der Waals surface area contributed by atoms with Crippen molar-refractivity contribution >= 4 is 24.2 Å². The molecule has 0 fully saturated rings. The Balaban J connectivity index is 0.00000196. The number of hydrogen-bond donors (Lipinski definition) is 1. The molecule has 2 N–H and O–H groups in total. The van der Waals surface area contributed by atoms with Crippen LogP contribution in [0.15, 0.2) is 29.2 Å². The molecule has 0 unspecified atom stereocenters. The lowest BCUT2D eigenvalue weighted by Gasteiger charge is -2.10. The van der Waals surface area contributed by atoms with E-state index in [-0.39, 0.29) is 25.1 Å². The second kappa shape index (κ2) is 7.97. The van der Waals surface area contributed by atoms with Crippen molar-refractivity contribution < 1.29 is 4.39 Å². The molecule has 0 amide bonds. The van der Waals surface area contributed by atoms with Crippen LogP contribution in [0.3, 0.4) is 0 Å². The monoisotopic (exact) mass is 249 g/mol. The minimum absolute atomic E-state index is 0. The van der Waals surface area contributed by atoms with Gasteiger partial charge >= 0.3 is 0 Å². The van der Waals surface area contributed by atoms with E-state index in [1.54, 1.807) is 11.8 Å². The lowest BCUT2D eigenvalue weighted by molar-refractivity contribution is 0.442. The highest BCUT2D eigenvalue weighted by Crippen LogP contribution is 2.21. The molecule has 86 valence electrons. The zero-order valence-corrected chi connectivity index (χ0v) is 10.4. The van der Waals surface area contributed by atoms with Crippen LogP contribution in [0.5, 0.6) is 0 Å². The molecule has 0 spiro atoms. The van der Waals surface area contributed by atoms with Crippen LogP contribution in [-0.2, 0) is 0 Å². The van der Waals surface area contributed by atoms with E-state index in [0.717, 1.165) is 11.3 Å². The molecule has 4 heteroatoms. The highest BCUT2D eigenvalue weighted by Gasteiger charge is 2.04. The summed E-state index contributed by atoms with van der Waals surface area (Å²) in [6.45, 7) is 1.76. The van der Waals surface area contributed by atoms with E-state index in [1.807, 2.05) is 24.3 Å². The predicted molar refractivity (Wildman–Crippen MR) is 67.6 cm³/mol. The van der Waals surface area contributed by atoms with Crippen LogP contribution in [0.25, 0.3) is 0 Å². The van der Waals surface area contributed by atoms with Crippen molar-refractivity contribution in [3.05, 3.63) is 29.8 Å². The lowest BCUT2D eigenvalue weighted by atomic mass is 10.1. The molecule has 0 aliphatic carbocycles. The van der Waals surface area contributed by atoms with E-state index in [0.29, 0.717) is 6.42 Å². The maximum atomic E-state index is 12.0. The molecule has 1 nitrogen and oxygen atoms in total. The molecule has 15 heavy (non-hydrogen) atoms. The van der Waals surface area contributed by atoms with Gasteiger partial charge in [0.2, 0.25) is 0 Å². The van der Waals surface area contributed by atoms with Gasteiger partial charge in [0, 0.05) is 10.9 Å². The Morgan fingerprint density at radius 1 is 1.33 bits per heavy atom. The van der Waals surface area contributed by atoms with Crippen molar-refractivity contribution in [2.24, 2.45) is 5.73 Å². The van der Waals surface area contributed by atoms with Gasteiger partial charge < -0.3 is 5.73 Å². The molecule has 1 rings (SSSR count). The molecule has 0 aliphatic heterocycles. The molecule has 1 aromatic rings. The third-order valence-corrected chi connectivity index (χ3v) is 2.93. The highest BCUT2D eigenvalue weighted by molar-refractivity contribution is 7.99. The quantitative estimate of drug-likeness (QED) is 0.808. The van der Waals surface area contributed by atoms with Gasteiger partial charge in [-0.2, -0.15) is 0 Å². The first-order chi connectivity index (χ1) is 6.77. The summed E-state index contributed by atoms with van der Waals surface area (Å²) < 4.78 is 12.0. The fourth-order valence-corrected chi connectivity index (χ4v) is 1.92. The van der Waals surface area contributed by atoms with Crippen molar-refractivity contribution in [3.63, 3.8) is 0 Å². The second-order valence-corrected chi connectivity index (χ2v) is 4.42. The first kappa shape index (κ1) is 14.8. The molecule has 0 aliphatic rings. The Labute approximate surface area is 101 Å². The van der Waals surface area contributed by atoms with Gasteiger partial charge in [0.15, 0.2) is 0 Å². The van der Waals surface area contributed by atoms with Crippen molar-refractivity contribution in [2.45, 2.75) is 24.3 Å². The largest absolute Gasteiger partial charge is 0.324 e. The number of nitrogens with two attached hydrogens (primary N) is 1. The van der Waals surface area contributed by atoms with Gasteiger partial charge in [0.05, 0.1) is 6.67 Å². The van der Waals surface area contributed by atoms with Crippen molar-refractivity contribution in [1.82, 2.24) is 0 Å². The van der Waals surface area contributed by atoms with Gasteiger partial charge in [-0.15, -0.1) is 24.2 Å². The van der Waals surface area contributed by atoms with Crippen LogP contribution in [0, 0.1) is 0 Å². The zero-order chi connectivity index (χ0) is 10.4. The van der Waals surface area contributed by atoms with Crippen molar-refractivity contribution in [2.75, 3.05) is 12.4 Å². The minimum Gasteiger partial charge on any atom is -0.324 e. The summed E-state index contributed by atoms with van der Waals surface area (Å²) in [5.41, 5.74) is 6.80. The van der Waals surface area contributed by atoms with E-state index in [4.69, 9.17) is 5.73 Å². The summed E-state index contributed by atoms with van der Waals surface area (Å²) in [5.74, 6) is 1.07. The van der Waals surface area contributed by atoms with Gasteiger partial charge in [-0.25, -0.2) is 0 Å². The molecular weight excluding hydrogens is 233 g/mol. The Kier molecular flexibility index (Phi) is 7.83. The molecule has 0 saturated carbocycles. The van der Waals surface area contributed by atoms with E-state index >= 15 is 0 Å². The number of halogens is 2. The van der Waals surface area contributed by atoms with Gasteiger partial charge in [-0.1, -0.05) is 19.1 Å². The molecule has 0 radical (unpaired) electrons. The topological polar surface area (TPSA) is 26.0 Å². The number of thioether (sulfide) groups is 1. The second-order valence-electron chi connectivity index (χ2n) is 3.09. The molecule has 1 atom stereocenters. The van der Waals surface area contributed by atoms with Crippen LogP contribution in [0.2, 0.25) is 0 Å². The van der Waals surface area contributed by atoms with Gasteiger partial charge in [0.25, 0.3) is 0 Å². The van der Waals surface area contributed by atoms with Crippen molar-refractivity contribution in [1.29, 1.82) is 0 Å². The average molecular weight is 250 g/mol.